The Bertz CT molecular complexity index is 1030. The second-order valence-electron chi connectivity index (χ2n) is 9.06. The molecule has 8 heteroatoms. The van der Waals surface area contributed by atoms with Crippen LogP contribution in [0.1, 0.15) is 30.4 Å². The molecule has 1 aliphatic carbocycles. The third kappa shape index (κ3) is 4.92. The molecular weight excluding hydrogens is 436 g/mol. The molecule has 0 radical (unpaired) electrons. The van der Waals surface area contributed by atoms with Crippen LogP contribution < -0.4 is 5.32 Å². The maximum Gasteiger partial charge on any atom is 0.407 e. The monoisotopic (exact) mass is 466 g/mol. The Balaban J connectivity index is 1.38. The van der Waals surface area contributed by atoms with Gasteiger partial charge in [-0.2, -0.15) is 0 Å². The van der Waals surface area contributed by atoms with E-state index in [1.54, 1.807) is 4.90 Å². The van der Waals surface area contributed by atoms with E-state index in [1.165, 1.54) is 7.11 Å². The predicted molar refractivity (Wildman–Crippen MR) is 125 cm³/mol. The molecule has 2 aromatic rings. The summed E-state index contributed by atoms with van der Waals surface area (Å²) in [6, 6.07) is 15.2. The minimum absolute atomic E-state index is 0.00247. The SMILES string of the molecule is COC[C@H](NC(=O)OCC1c2ccccc2-c2ccccc21)C(=O)N1CC(C)C(CC(=O)O)C1. The molecule has 1 saturated heterocycles. The van der Waals surface area contributed by atoms with E-state index in [1.807, 2.05) is 43.3 Å². The average molecular weight is 467 g/mol. The number of nitrogens with one attached hydrogen (secondary N) is 1. The Labute approximate surface area is 198 Å². The molecule has 2 aromatic carbocycles. The number of hydrogen-bond acceptors (Lipinski definition) is 5. The van der Waals surface area contributed by atoms with Gasteiger partial charge in [0.15, 0.2) is 0 Å². The van der Waals surface area contributed by atoms with Crippen molar-refractivity contribution < 1.29 is 29.0 Å². The number of nitrogens with zero attached hydrogens (tertiary/aromatic N) is 1. The third-order valence-electron chi connectivity index (χ3n) is 6.78. The number of ether oxygens (including phenoxy) is 2. The number of carbonyl (C=O) groups excluding carboxylic acids is 2. The maximum atomic E-state index is 13.1. The summed E-state index contributed by atoms with van der Waals surface area (Å²) in [5, 5.41) is 11.7. The highest BCUT2D eigenvalue weighted by Gasteiger charge is 2.37. The standard InChI is InChI=1S/C26H30N2O6/c1-16-12-28(13-17(16)11-24(29)30)25(31)23(15-33-2)27-26(32)34-14-22-20-9-5-3-7-18(20)19-8-4-6-10-21(19)22/h3-10,16-17,22-23H,11-15H2,1-2H3,(H,27,32)(H,29,30)/t16?,17?,23-/m0/s1. The molecule has 2 unspecified atom stereocenters. The van der Waals surface area contributed by atoms with Crippen molar-refractivity contribution in [3.05, 3.63) is 59.7 Å². The largest absolute Gasteiger partial charge is 0.481 e. The van der Waals surface area contributed by atoms with Crippen molar-refractivity contribution in [1.29, 1.82) is 0 Å². The Morgan fingerprint density at radius 3 is 2.26 bits per heavy atom. The van der Waals surface area contributed by atoms with E-state index in [9.17, 15) is 14.4 Å². The van der Waals surface area contributed by atoms with Gasteiger partial charge in [0, 0.05) is 26.1 Å². The van der Waals surface area contributed by atoms with Gasteiger partial charge in [0.2, 0.25) is 5.91 Å². The van der Waals surface area contributed by atoms with Crippen molar-refractivity contribution >= 4 is 18.0 Å². The summed E-state index contributed by atoms with van der Waals surface area (Å²) < 4.78 is 10.7. The van der Waals surface area contributed by atoms with Gasteiger partial charge in [0.25, 0.3) is 0 Å². The first kappa shape index (κ1) is 23.8. The van der Waals surface area contributed by atoms with E-state index in [-0.39, 0.29) is 43.3 Å². The Morgan fingerprint density at radius 1 is 1.06 bits per heavy atom. The van der Waals surface area contributed by atoms with Crippen LogP contribution in [-0.2, 0) is 19.1 Å². The summed E-state index contributed by atoms with van der Waals surface area (Å²) in [5.74, 6) is -1.30. The van der Waals surface area contributed by atoms with Crippen LogP contribution in [0.3, 0.4) is 0 Å². The predicted octanol–water partition coefficient (Wildman–Crippen LogP) is 3.11. The number of benzene rings is 2. The summed E-state index contributed by atoms with van der Waals surface area (Å²) in [6.07, 6.45) is -0.675. The van der Waals surface area contributed by atoms with Crippen LogP contribution in [0.25, 0.3) is 11.1 Å². The lowest BCUT2D eigenvalue weighted by molar-refractivity contribution is -0.139. The molecule has 1 fully saturated rings. The summed E-state index contributed by atoms with van der Waals surface area (Å²) in [6.45, 7) is 2.88. The Hall–Kier alpha value is -3.39. The molecule has 2 aliphatic rings. The van der Waals surface area contributed by atoms with E-state index in [0.29, 0.717) is 13.1 Å². The molecule has 1 heterocycles. The molecule has 0 aromatic heterocycles. The lowest BCUT2D eigenvalue weighted by atomic mass is 9.95. The number of rotatable bonds is 8. The van der Waals surface area contributed by atoms with Crippen molar-refractivity contribution in [2.45, 2.75) is 25.3 Å². The van der Waals surface area contributed by atoms with Gasteiger partial charge >= 0.3 is 12.1 Å². The van der Waals surface area contributed by atoms with Crippen molar-refractivity contribution in [2.75, 3.05) is 33.4 Å². The van der Waals surface area contributed by atoms with E-state index >= 15 is 0 Å². The highest BCUT2D eigenvalue weighted by Crippen LogP contribution is 2.44. The van der Waals surface area contributed by atoms with E-state index in [4.69, 9.17) is 14.6 Å². The topological polar surface area (TPSA) is 105 Å². The van der Waals surface area contributed by atoms with E-state index in [2.05, 4.69) is 17.4 Å². The van der Waals surface area contributed by atoms with Crippen molar-refractivity contribution in [3.8, 4) is 11.1 Å². The maximum absolute atomic E-state index is 13.1. The van der Waals surface area contributed by atoms with Gasteiger partial charge in [-0.05, 0) is 34.1 Å². The van der Waals surface area contributed by atoms with Gasteiger partial charge in [-0.3, -0.25) is 9.59 Å². The second-order valence-corrected chi connectivity index (χ2v) is 9.06. The fraction of sp³-hybridized carbons (Fsp3) is 0.423. The molecule has 8 nitrogen and oxygen atoms in total. The van der Waals surface area contributed by atoms with E-state index < -0.39 is 18.1 Å². The van der Waals surface area contributed by atoms with E-state index in [0.717, 1.165) is 22.3 Å². The van der Waals surface area contributed by atoms with Crippen LogP contribution in [0, 0.1) is 11.8 Å². The number of amides is 2. The first-order valence-electron chi connectivity index (χ1n) is 11.5. The molecule has 0 spiro atoms. The van der Waals surface area contributed by atoms with Crippen LogP contribution in [0.2, 0.25) is 0 Å². The smallest absolute Gasteiger partial charge is 0.407 e. The number of aliphatic carboxylic acids is 1. The lowest BCUT2D eigenvalue weighted by Gasteiger charge is -2.24. The van der Waals surface area contributed by atoms with Crippen molar-refractivity contribution in [2.24, 2.45) is 11.8 Å². The van der Waals surface area contributed by atoms with Gasteiger partial charge in [-0.25, -0.2) is 4.79 Å². The van der Waals surface area contributed by atoms with Crippen LogP contribution >= 0.6 is 0 Å². The van der Waals surface area contributed by atoms with Crippen LogP contribution in [0.4, 0.5) is 4.79 Å². The molecule has 2 amide bonds. The molecule has 180 valence electrons. The van der Waals surface area contributed by atoms with Crippen LogP contribution in [0.5, 0.6) is 0 Å². The number of fused-ring (bicyclic) bond motifs is 3. The fourth-order valence-corrected chi connectivity index (χ4v) is 5.05. The molecule has 0 bridgehead atoms. The zero-order valence-electron chi connectivity index (χ0n) is 19.4. The van der Waals surface area contributed by atoms with Gasteiger partial charge in [-0.15, -0.1) is 0 Å². The highest BCUT2D eigenvalue weighted by atomic mass is 16.5. The minimum atomic E-state index is -0.906. The number of methoxy groups -OCH3 is 1. The molecular formula is C26H30N2O6. The molecule has 2 N–H and O–H groups in total. The Kier molecular flexibility index (Phi) is 7.17. The number of carbonyl (C=O) groups is 3. The zero-order valence-corrected chi connectivity index (χ0v) is 19.4. The van der Waals surface area contributed by atoms with Gasteiger partial charge in [0.05, 0.1) is 13.0 Å². The average Bonchev–Trinajstić information content (AvgIpc) is 3.34. The molecule has 0 saturated carbocycles. The van der Waals surface area contributed by atoms with Gasteiger partial charge in [-0.1, -0.05) is 55.5 Å². The molecule has 1 aliphatic heterocycles. The molecule has 3 atom stereocenters. The molecule has 34 heavy (non-hydrogen) atoms. The van der Waals surface area contributed by atoms with Crippen LogP contribution in [-0.4, -0.2) is 67.4 Å². The third-order valence-corrected chi connectivity index (χ3v) is 6.78. The minimum Gasteiger partial charge on any atom is -0.481 e. The first-order chi connectivity index (χ1) is 16.4. The normalized spacial score (nSPS) is 19.9. The summed E-state index contributed by atoms with van der Waals surface area (Å²) in [4.78, 5) is 38.4. The zero-order chi connectivity index (χ0) is 24.2. The number of alkyl carbamates (subject to hydrolysis) is 1. The number of carboxylic acid groups (broad SMARTS) is 1. The Morgan fingerprint density at radius 2 is 1.68 bits per heavy atom. The van der Waals surface area contributed by atoms with Gasteiger partial charge < -0.3 is 24.8 Å². The number of carboxylic acids is 1. The first-order valence-corrected chi connectivity index (χ1v) is 11.5. The van der Waals surface area contributed by atoms with Crippen molar-refractivity contribution in [3.63, 3.8) is 0 Å². The highest BCUT2D eigenvalue weighted by molar-refractivity contribution is 5.86. The summed E-state index contributed by atoms with van der Waals surface area (Å²) >= 11 is 0. The second kappa shape index (κ2) is 10.3. The molecule has 4 rings (SSSR count). The summed E-state index contributed by atoms with van der Waals surface area (Å²) in [5.41, 5.74) is 4.49. The lowest BCUT2D eigenvalue weighted by Crippen LogP contribution is -2.50. The van der Waals surface area contributed by atoms with Crippen molar-refractivity contribution in [1.82, 2.24) is 10.2 Å². The quantitative estimate of drug-likeness (QED) is 0.619. The van der Waals surface area contributed by atoms with Gasteiger partial charge in [0.1, 0.15) is 12.6 Å². The number of likely N-dealkylation sites (tertiary alicyclic amines) is 1. The number of hydrogen-bond donors (Lipinski definition) is 2. The van der Waals surface area contributed by atoms with Crippen LogP contribution in [0.15, 0.2) is 48.5 Å². The fourth-order valence-electron chi connectivity index (χ4n) is 5.05. The summed E-state index contributed by atoms with van der Waals surface area (Å²) in [7, 11) is 1.46.